The molecule has 1 aromatic heterocycles. The first-order valence-electron chi connectivity index (χ1n) is 5.22. The molecule has 0 fully saturated rings. The molecule has 0 aliphatic rings. The molecule has 2 aromatic rings. The molecule has 1 aromatic carbocycles. The van der Waals surface area contributed by atoms with Crippen molar-refractivity contribution >= 4 is 22.9 Å². The van der Waals surface area contributed by atoms with Crippen molar-refractivity contribution in [2.24, 2.45) is 0 Å². The van der Waals surface area contributed by atoms with E-state index in [9.17, 15) is 5.11 Å². The van der Waals surface area contributed by atoms with Crippen molar-refractivity contribution in [1.29, 1.82) is 0 Å². The number of nitrogens with zero attached hydrogens (tertiary/aromatic N) is 1. The van der Waals surface area contributed by atoms with Gasteiger partial charge in [0.2, 0.25) is 0 Å². The highest BCUT2D eigenvalue weighted by Crippen LogP contribution is 2.29. The summed E-state index contributed by atoms with van der Waals surface area (Å²) in [5.74, 6) is 0.792. The quantitative estimate of drug-likeness (QED) is 0.926. The number of thiazole rings is 1. The molecule has 0 saturated carbocycles. The molecule has 90 valence electrons. The van der Waals surface area contributed by atoms with Gasteiger partial charge >= 0.3 is 0 Å². The molecule has 0 aliphatic carbocycles. The van der Waals surface area contributed by atoms with Crippen LogP contribution < -0.4 is 4.74 Å². The standard InChI is InChI=1S/C12H12ClNO2S/c1-2-16-9-5-3-8(4-6-9)11(15)12-14-7-10(13)17-12/h3-7,11,15H,2H2,1H3. The number of hydrogen-bond donors (Lipinski definition) is 1. The zero-order valence-electron chi connectivity index (χ0n) is 9.26. The molecule has 0 bridgehead atoms. The van der Waals surface area contributed by atoms with Crippen LogP contribution in [0.15, 0.2) is 30.5 Å². The minimum atomic E-state index is -0.733. The number of rotatable bonds is 4. The molecule has 0 radical (unpaired) electrons. The Hall–Kier alpha value is -1.10. The lowest BCUT2D eigenvalue weighted by Crippen LogP contribution is -1.99. The van der Waals surface area contributed by atoms with E-state index in [-0.39, 0.29) is 0 Å². The van der Waals surface area contributed by atoms with Gasteiger partial charge in [-0.2, -0.15) is 0 Å². The highest BCUT2D eigenvalue weighted by atomic mass is 35.5. The van der Waals surface area contributed by atoms with E-state index < -0.39 is 6.10 Å². The number of aliphatic hydroxyl groups excluding tert-OH is 1. The third-order valence-corrected chi connectivity index (χ3v) is 3.40. The van der Waals surface area contributed by atoms with Gasteiger partial charge in [-0.1, -0.05) is 23.7 Å². The van der Waals surface area contributed by atoms with E-state index >= 15 is 0 Å². The van der Waals surface area contributed by atoms with E-state index in [4.69, 9.17) is 16.3 Å². The van der Waals surface area contributed by atoms with Crippen LogP contribution in [0.4, 0.5) is 0 Å². The van der Waals surface area contributed by atoms with Gasteiger partial charge < -0.3 is 9.84 Å². The maximum atomic E-state index is 10.1. The Balaban J connectivity index is 2.16. The summed E-state index contributed by atoms with van der Waals surface area (Å²) in [6.45, 7) is 2.56. The zero-order chi connectivity index (χ0) is 12.3. The molecule has 1 N–H and O–H groups in total. The van der Waals surface area contributed by atoms with Crippen molar-refractivity contribution in [2.75, 3.05) is 6.61 Å². The lowest BCUT2D eigenvalue weighted by molar-refractivity contribution is 0.219. The molecule has 0 saturated heterocycles. The minimum Gasteiger partial charge on any atom is -0.494 e. The number of ether oxygens (including phenoxy) is 1. The lowest BCUT2D eigenvalue weighted by atomic mass is 10.1. The SMILES string of the molecule is CCOc1ccc(C(O)c2ncc(Cl)s2)cc1. The van der Waals surface area contributed by atoms with Crippen molar-refractivity contribution in [3.63, 3.8) is 0 Å². The average Bonchev–Trinajstić information content (AvgIpc) is 2.76. The maximum Gasteiger partial charge on any atom is 0.131 e. The van der Waals surface area contributed by atoms with Gasteiger partial charge in [0.15, 0.2) is 0 Å². The van der Waals surface area contributed by atoms with E-state index in [0.29, 0.717) is 16.0 Å². The second-order valence-corrected chi connectivity index (χ2v) is 5.10. The molecular formula is C12H12ClNO2S. The fourth-order valence-corrected chi connectivity index (χ4v) is 2.39. The van der Waals surface area contributed by atoms with Crippen LogP contribution in [-0.2, 0) is 0 Å². The van der Waals surface area contributed by atoms with Crippen LogP contribution in [0.25, 0.3) is 0 Å². The van der Waals surface area contributed by atoms with E-state index in [1.165, 1.54) is 11.3 Å². The second kappa shape index (κ2) is 5.49. The summed E-state index contributed by atoms with van der Waals surface area (Å²) in [6, 6.07) is 7.31. The van der Waals surface area contributed by atoms with Crippen molar-refractivity contribution in [1.82, 2.24) is 4.98 Å². The van der Waals surface area contributed by atoms with Crippen LogP contribution in [0, 0.1) is 0 Å². The van der Waals surface area contributed by atoms with Crippen molar-refractivity contribution in [3.8, 4) is 5.75 Å². The van der Waals surface area contributed by atoms with E-state index in [2.05, 4.69) is 4.98 Å². The van der Waals surface area contributed by atoms with Crippen LogP contribution in [-0.4, -0.2) is 16.7 Å². The summed E-state index contributed by atoms with van der Waals surface area (Å²) in [6.07, 6.45) is 0.808. The van der Waals surface area contributed by atoms with Crippen molar-refractivity contribution in [2.45, 2.75) is 13.0 Å². The Morgan fingerprint density at radius 1 is 1.41 bits per heavy atom. The summed E-state index contributed by atoms with van der Waals surface area (Å²) in [4.78, 5) is 4.06. The van der Waals surface area contributed by atoms with Gasteiger partial charge in [-0.15, -0.1) is 11.3 Å². The molecule has 0 amide bonds. The van der Waals surface area contributed by atoms with Gasteiger partial charge in [0.05, 0.1) is 12.8 Å². The summed E-state index contributed by atoms with van der Waals surface area (Å²) in [5.41, 5.74) is 0.777. The second-order valence-electron chi connectivity index (χ2n) is 3.41. The highest BCUT2D eigenvalue weighted by molar-refractivity contribution is 7.15. The third kappa shape index (κ3) is 2.97. The third-order valence-electron chi connectivity index (χ3n) is 2.24. The van der Waals surface area contributed by atoms with Gasteiger partial charge in [0, 0.05) is 0 Å². The van der Waals surface area contributed by atoms with Gasteiger partial charge in [-0.05, 0) is 24.6 Å². The van der Waals surface area contributed by atoms with Gasteiger partial charge in [-0.25, -0.2) is 4.98 Å². The molecular weight excluding hydrogens is 258 g/mol. The molecule has 0 spiro atoms. The Labute approximate surface area is 109 Å². The van der Waals surface area contributed by atoms with Crippen LogP contribution in [0.5, 0.6) is 5.75 Å². The van der Waals surface area contributed by atoms with Crippen LogP contribution in [0.2, 0.25) is 4.34 Å². The minimum absolute atomic E-state index is 0.574. The number of benzene rings is 1. The summed E-state index contributed by atoms with van der Waals surface area (Å²) in [5, 5.41) is 10.7. The fraction of sp³-hybridized carbons (Fsp3) is 0.250. The zero-order valence-corrected chi connectivity index (χ0v) is 10.8. The van der Waals surface area contributed by atoms with Gasteiger partial charge in [0.1, 0.15) is 21.2 Å². The predicted octanol–water partition coefficient (Wildman–Crippen LogP) is 3.28. The average molecular weight is 270 g/mol. The molecule has 1 atom stereocenters. The normalized spacial score (nSPS) is 12.4. The fourth-order valence-electron chi connectivity index (χ4n) is 1.45. The first-order chi connectivity index (χ1) is 8.20. The number of aromatic nitrogens is 1. The van der Waals surface area contributed by atoms with Crippen LogP contribution in [0.3, 0.4) is 0 Å². The molecule has 5 heteroatoms. The number of aliphatic hydroxyl groups is 1. The molecule has 17 heavy (non-hydrogen) atoms. The van der Waals surface area contributed by atoms with Crippen molar-refractivity contribution < 1.29 is 9.84 Å². The first kappa shape index (κ1) is 12.4. The Morgan fingerprint density at radius 2 is 2.12 bits per heavy atom. The van der Waals surface area contributed by atoms with Crippen LogP contribution >= 0.6 is 22.9 Å². The van der Waals surface area contributed by atoms with Gasteiger partial charge in [0.25, 0.3) is 0 Å². The van der Waals surface area contributed by atoms with Crippen molar-refractivity contribution in [3.05, 3.63) is 45.4 Å². The summed E-state index contributed by atoms with van der Waals surface area (Å²) in [7, 11) is 0. The monoisotopic (exact) mass is 269 g/mol. The van der Waals surface area contributed by atoms with Crippen LogP contribution in [0.1, 0.15) is 23.6 Å². The van der Waals surface area contributed by atoms with Gasteiger partial charge in [-0.3, -0.25) is 0 Å². The highest BCUT2D eigenvalue weighted by Gasteiger charge is 2.14. The number of hydrogen-bond acceptors (Lipinski definition) is 4. The Kier molecular flexibility index (Phi) is 3.99. The smallest absolute Gasteiger partial charge is 0.131 e. The molecule has 0 aliphatic heterocycles. The predicted molar refractivity (Wildman–Crippen MR) is 68.8 cm³/mol. The topological polar surface area (TPSA) is 42.4 Å². The van der Waals surface area contributed by atoms with E-state index in [0.717, 1.165) is 11.3 Å². The van der Waals surface area contributed by atoms with E-state index in [1.54, 1.807) is 6.20 Å². The molecule has 1 unspecified atom stereocenters. The number of halogens is 1. The molecule has 2 rings (SSSR count). The molecule has 3 nitrogen and oxygen atoms in total. The maximum absolute atomic E-state index is 10.1. The van der Waals surface area contributed by atoms with E-state index in [1.807, 2.05) is 31.2 Å². The first-order valence-corrected chi connectivity index (χ1v) is 6.42. The Morgan fingerprint density at radius 3 is 2.65 bits per heavy atom. The Bertz CT molecular complexity index is 484. The summed E-state index contributed by atoms with van der Waals surface area (Å²) < 4.78 is 5.91. The summed E-state index contributed by atoms with van der Waals surface area (Å²) >= 11 is 7.06. The largest absolute Gasteiger partial charge is 0.494 e. The molecule has 1 heterocycles. The lowest BCUT2D eigenvalue weighted by Gasteiger charge is -2.09.